The monoisotopic (exact) mass is 933 g/mol. The zero-order valence-electron chi connectivity index (χ0n) is 39.3. The molecule has 3 saturated heterocycles. The van der Waals surface area contributed by atoms with Crippen molar-refractivity contribution < 1.29 is 28.0 Å². The number of carbonyl (C=O) groups excluding carboxylic acids is 4. The van der Waals surface area contributed by atoms with E-state index in [1.165, 1.54) is 0 Å². The van der Waals surface area contributed by atoms with Gasteiger partial charge in [0.2, 0.25) is 23.6 Å². The Balaban J connectivity index is 0.754. The van der Waals surface area contributed by atoms with Crippen LogP contribution in [0.3, 0.4) is 0 Å². The minimum absolute atomic E-state index is 0.00724. The predicted molar refractivity (Wildman–Crippen MR) is 252 cm³/mol. The lowest BCUT2D eigenvalue weighted by Crippen LogP contribution is -2.44. The van der Waals surface area contributed by atoms with Gasteiger partial charge < -0.3 is 19.6 Å². The van der Waals surface area contributed by atoms with Gasteiger partial charge in [0.1, 0.15) is 6.04 Å². The fourth-order valence-electron chi connectivity index (χ4n) is 11.7. The zero-order valence-corrected chi connectivity index (χ0v) is 39.3. The van der Waals surface area contributed by atoms with Gasteiger partial charge in [-0.1, -0.05) is 12.1 Å². The molecule has 2 aromatic carbocycles. The van der Waals surface area contributed by atoms with Gasteiger partial charge in [-0.2, -0.15) is 10.2 Å². The van der Waals surface area contributed by atoms with Gasteiger partial charge in [0.05, 0.1) is 29.8 Å². The van der Waals surface area contributed by atoms with Gasteiger partial charge in [0.25, 0.3) is 6.43 Å². The molecule has 5 aliphatic rings. The Morgan fingerprint density at radius 1 is 0.912 bits per heavy atom. The predicted octanol–water partition coefficient (Wildman–Crippen LogP) is 5.74. The summed E-state index contributed by atoms with van der Waals surface area (Å²) in [6.45, 7) is 7.05. The lowest BCUT2D eigenvalue weighted by atomic mass is 9.90. The quantitative estimate of drug-likeness (QED) is 0.163. The Morgan fingerprint density at radius 2 is 1.71 bits per heavy atom. The fraction of sp³-hybridized carbons (Fsp3) is 0.540. The normalized spacial score (nSPS) is 19.8. The van der Waals surface area contributed by atoms with Crippen LogP contribution in [0.4, 0.5) is 20.3 Å². The summed E-state index contributed by atoms with van der Waals surface area (Å²) in [6, 6.07) is 8.77. The summed E-state index contributed by atoms with van der Waals surface area (Å²) in [7, 11) is 3.52. The Bertz CT molecular complexity index is 2830. The minimum atomic E-state index is -2.68. The number of alkyl halides is 2. The largest absolute Gasteiger partial charge is 0.343 e. The van der Waals surface area contributed by atoms with Crippen molar-refractivity contribution >= 4 is 46.2 Å². The summed E-state index contributed by atoms with van der Waals surface area (Å²) < 4.78 is 36.4. The van der Waals surface area contributed by atoms with Crippen molar-refractivity contribution in [3.05, 3.63) is 81.2 Å². The van der Waals surface area contributed by atoms with Gasteiger partial charge in [-0.15, -0.1) is 0 Å². The summed E-state index contributed by atoms with van der Waals surface area (Å²) in [5.41, 5.74) is 7.27. The summed E-state index contributed by atoms with van der Waals surface area (Å²) in [6.07, 6.45) is 9.30. The molecule has 0 radical (unpaired) electrons. The molecule has 10 rings (SSSR count). The smallest absolute Gasteiger partial charge is 0.329 e. The van der Waals surface area contributed by atoms with Gasteiger partial charge in [-0.05, 0) is 112 Å². The molecule has 3 aromatic heterocycles. The number of imide groups is 1. The number of benzene rings is 2. The van der Waals surface area contributed by atoms with E-state index in [-0.39, 0.29) is 41.4 Å². The number of halogens is 2. The molecule has 1 unspecified atom stereocenters. The van der Waals surface area contributed by atoms with E-state index >= 15 is 0 Å². The van der Waals surface area contributed by atoms with Crippen LogP contribution in [0.25, 0.3) is 22.2 Å². The van der Waals surface area contributed by atoms with E-state index in [0.29, 0.717) is 69.0 Å². The number of amides is 4. The molecule has 0 saturated carbocycles. The number of hydrogen-bond donors (Lipinski definition) is 1. The van der Waals surface area contributed by atoms with E-state index in [2.05, 4.69) is 31.0 Å². The molecule has 1 N–H and O–H groups in total. The van der Waals surface area contributed by atoms with Crippen molar-refractivity contribution in [1.82, 2.24) is 48.7 Å². The topological polar surface area (TPSA) is 156 Å². The van der Waals surface area contributed by atoms with Gasteiger partial charge in [-0.25, -0.2) is 13.6 Å². The number of hydrogen-bond acceptors (Lipinski definition) is 9. The third-order valence-electron chi connectivity index (χ3n) is 15.4. The number of aryl methyl sites for hydroxylation is 4. The van der Waals surface area contributed by atoms with Crippen LogP contribution in [-0.2, 0) is 59.1 Å². The maximum atomic E-state index is 14.7. The van der Waals surface area contributed by atoms with E-state index in [1.54, 1.807) is 53.3 Å². The molecule has 0 bridgehead atoms. The molecular weight excluding hydrogens is 873 g/mol. The lowest BCUT2D eigenvalue weighted by Gasteiger charge is -2.35. The van der Waals surface area contributed by atoms with Gasteiger partial charge in [0.15, 0.2) is 5.82 Å². The Hall–Kier alpha value is -6.17. The highest BCUT2D eigenvalue weighted by Gasteiger charge is 2.36. The third kappa shape index (κ3) is 8.64. The second kappa shape index (κ2) is 18.7. The van der Waals surface area contributed by atoms with Crippen LogP contribution in [-0.4, -0.2) is 113 Å². The average molecular weight is 934 g/mol. The van der Waals surface area contributed by atoms with Crippen LogP contribution in [0.15, 0.2) is 47.5 Å². The molecule has 18 heteroatoms. The third-order valence-corrected chi connectivity index (χ3v) is 15.4. The molecule has 5 aliphatic heterocycles. The fourth-order valence-corrected chi connectivity index (χ4v) is 11.7. The maximum Gasteiger partial charge on any atom is 0.329 e. The molecular formula is C50H61F2N11O5. The first-order valence-corrected chi connectivity index (χ1v) is 24.4. The van der Waals surface area contributed by atoms with Crippen LogP contribution in [0.5, 0.6) is 0 Å². The van der Waals surface area contributed by atoms with E-state index < -0.39 is 18.4 Å². The molecule has 0 spiro atoms. The Kier molecular flexibility index (Phi) is 12.6. The Labute approximate surface area is 393 Å². The highest BCUT2D eigenvalue weighted by molar-refractivity contribution is 6.00. The Morgan fingerprint density at radius 3 is 2.43 bits per heavy atom. The standard InChI is InChI=1S/C50H61F2N11O5/c1-31(64)60-25-17-40-39(30-60)48(61-19-5-7-34-26-37(35-28-53-56(2)29-35)38(47(51)52)27-43(34)61)55-63(40)36-15-23-59(24-16-36)45(66)18-22-58-20-13-32(14-21-58)9-10-33-6-4-8-41-46(33)57(3)50(68)62(41)42-11-12-44(65)54-49(42)67/h4,6,8,26-29,32,36,42,47H,5,7,9-25,30H2,1-3H3,(H,54,65,67). The number of piperidine rings is 3. The highest BCUT2D eigenvalue weighted by Crippen LogP contribution is 2.44. The number of rotatable bonds is 11. The average Bonchev–Trinajstić information content (AvgIpc) is 4.02. The number of nitrogens with one attached hydrogen (secondary N) is 1. The van der Waals surface area contributed by atoms with Crippen LogP contribution in [0.2, 0.25) is 0 Å². The molecule has 360 valence electrons. The van der Waals surface area contributed by atoms with Crippen molar-refractivity contribution in [2.75, 3.05) is 50.7 Å². The second-order valence-electron chi connectivity index (χ2n) is 19.6. The lowest BCUT2D eigenvalue weighted by molar-refractivity contribution is -0.136. The maximum absolute atomic E-state index is 14.7. The molecule has 16 nitrogen and oxygen atoms in total. The molecule has 0 aliphatic carbocycles. The number of fused-ring (bicyclic) bond motifs is 3. The van der Waals surface area contributed by atoms with Crippen LogP contribution in [0, 0.1) is 5.92 Å². The first-order chi connectivity index (χ1) is 32.8. The summed E-state index contributed by atoms with van der Waals surface area (Å²) >= 11 is 0. The van der Waals surface area contributed by atoms with E-state index in [4.69, 9.17) is 5.10 Å². The van der Waals surface area contributed by atoms with E-state index in [0.717, 1.165) is 116 Å². The van der Waals surface area contributed by atoms with Gasteiger partial charge in [-0.3, -0.25) is 43.0 Å². The summed E-state index contributed by atoms with van der Waals surface area (Å²) in [5.74, 6) is 0.670. The molecule has 68 heavy (non-hydrogen) atoms. The van der Waals surface area contributed by atoms with Crippen LogP contribution < -0.4 is 15.9 Å². The highest BCUT2D eigenvalue weighted by atomic mass is 19.3. The molecule has 1 atom stereocenters. The zero-order chi connectivity index (χ0) is 47.4. The molecule has 8 heterocycles. The first-order valence-electron chi connectivity index (χ1n) is 24.4. The number of nitrogens with zero attached hydrogens (tertiary/aromatic N) is 10. The number of likely N-dealkylation sites (tertiary alicyclic amines) is 2. The SMILES string of the molecule is CC(=O)N1CCc2c(c(N3CCCc4cc(-c5cnn(C)c5)c(C(F)F)cc43)nn2C2CCN(C(=O)CCN3CCC(CCc4cccc5c4n(C)c(=O)n5C4CCC(=O)NC4=O)CC3)CC2)C1. The van der Waals surface area contributed by atoms with Crippen molar-refractivity contribution in [2.24, 2.45) is 20.0 Å². The van der Waals surface area contributed by atoms with Crippen molar-refractivity contribution in [1.29, 1.82) is 0 Å². The van der Waals surface area contributed by atoms with E-state index in [1.807, 2.05) is 28.0 Å². The van der Waals surface area contributed by atoms with Crippen molar-refractivity contribution in [2.45, 2.75) is 109 Å². The summed E-state index contributed by atoms with van der Waals surface area (Å²) in [4.78, 5) is 72.6. The van der Waals surface area contributed by atoms with Crippen molar-refractivity contribution in [3.63, 3.8) is 0 Å². The molecule has 4 amide bonds. The summed E-state index contributed by atoms with van der Waals surface area (Å²) in [5, 5.41) is 11.9. The van der Waals surface area contributed by atoms with Gasteiger partial charge in [0, 0.05) is 107 Å². The van der Waals surface area contributed by atoms with Crippen LogP contribution >= 0.6 is 0 Å². The molecule has 5 aromatic rings. The number of imidazole rings is 1. The number of aromatic nitrogens is 6. The number of anilines is 2. The second-order valence-corrected chi connectivity index (χ2v) is 19.6. The van der Waals surface area contributed by atoms with Crippen LogP contribution in [0.1, 0.15) is 111 Å². The first kappa shape index (κ1) is 45.6. The van der Waals surface area contributed by atoms with E-state index in [9.17, 15) is 32.8 Å². The number of carbonyl (C=O) groups is 4. The van der Waals surface area contributed by atoms with Crippen molar-refractivity contribution in [3.8, 4) is 11.1 Å². The molecule has 3 fully saturated rings. The minimum Gasteiger partial charge on any atom is -0.343 e. The van der Waals surface area contributed by atoms with Gasteiger partial charge >= 0.3 is 5.69 Å². The number of para-hydroxylation sites is 1.